The summed E-state index contributed by atoms with van der Waals surface area (Å²) in [4.78, 5) is 0. The molecule has 0 amide bonds. The van der Waals surface area contributed by atoms with E-state index in [0.29, 0.717) is 0 Å². The topological polar surface area (TPSA) is 0 Å². The Morgan fingerprint density at radius 2 is 1.50 bits per heavy atom. The van der Waals surface area contributed by atoms with Crippen molar-refractivity contribution in [1.29, 1.82) is 0 Å². The van der Waals surface area contributed by atoms with Crippen molar-refractivity contribution in [2.24, 2.45) is 11.8 Å². The lowest BCUT2D eigenvalue weighted by Crippen LogP contribution is -2.02. The van der Waals surface area contributed by atoms with Gasteiger partial charge in [-0.25, -0.2) is 0 Å². The fraction of sp³-hybridized carbons (Fsp3) is 1.00. The van der Waals surface area contributed by atoms with Gasteiger partial charge in [0.1, 0.15) is 0 Å². The van der Waals surface area contributed by atoms with Gasteiger partial charge in [0.2, 0.25) is 0 Å². The predicted molar refractivity (Wildman–Crippen MR) is 71.0 cm³/mol. The lowest BCUT2D eigenvalue weighted by molar-refractivity contribution is 0.722. The summed E-state index contributed by atoms with van der Waals surface area (Å²) in [6.07, 6.45) is 2.49. The summed E-state index contributed by atoms with van der Waals surface area (Å²) in [6, 6.07) is 0. The molecule has 0 spiro atoms. The maximum Gasteiger partial charge on any atom is 0.0110 e. The molecule has 0 aromatic rings. The minimum absolute atomic E-state index is 0.752. The molecule has 0 aromatic carbocycles. The molecule has 0 rings (SSSR count). The lowest BCUT2D eigenvalue weighted by Gasteiger charge is -2.23. The van der Waals surface area contributed by atoms with E-state index in [1.807, 2.05) is 11.0 Å². The van der Waals surface area contributed by atoms with Crippen LogP contribution in [0.25, 0.3) is 0 Å². The standard InChI is InChI=1S/C8H20P2S2/c1-7(2)5-10(11,12-9)6-8(3)4/h7-8H,5-6,9H2,1-4H3. The molecule has 0 saturated carbocycles. The van der Waals surface area contributed by atoms with Gasteiger partial charge in [-0.2, -0.15) is 0 Å². The Bertz CT molecular complexity index is 152. The van der Waals surface area contributed by atoms with Crippen LogP contribution in [-0.4, -0.2) is 12.3 Å². The van der Waals surface area contributed by atoms with Crippen LogP contribution < -0.4 is 0 Å². The molecule has 1 atom stereocenters. The molecule has 0 aliphatic rings. The Morgan fingerprint density at radius 1 is 1.17 bits per heavy atom. The largest absolute Gasteiger partial charge is 0.103 e. The number of rotatable bonds is 5. The Hall–Kier alpha value is 1.43. The molecule has 0 bridgehead atoms. The van der Waals surface area contributed by atoms with E-state index < -0.39 is 5.24 Å². The third-order valence-electron chi connectivity index (χ3n) is 1.48. The van der Waals surface area contributed by atoms with E-state index in [2.05, 4.69) is 36.1 Å². The van der Waals surface area contributed by atoms with Gasteiger partial charge >= 0.3 is 0 Å². The van der Waals surface area contributed by atoms with Crippen molar-refractivity contribution in [3.8, 4) is 0 Å². The SMILES string of the molecule is CC(C)CP(=S)(CC(C)C)SP. The first-order valence-corrected chi connectivity index (χ1v) is 10.4. The van der Waals surface area contributed by atoms with Crippen LogP contribution >= 0.6 is 24.7 Å². The number of hydrogen-bond donors (Lipinski definition) is 0. The van der Waals surface area contributed by atoms with Crippen molar-refractivity contribution >= 4 is 36.5 Å². The lowest BCUT2D eigenvalue weighted by atomic mass is 10.3. The molecule has 74 valence electrons. The maximum absolute atomic E-state index is 5.71. The normalized spacial score (nSPS) is 12.9. The van der Waals surface area contributed by atoms with Crippen molar-refractivity contribution in [1.82, 2.24) is 0 Å². The van der Waals surface area contributed by atoms with Crippen LogP contribution in [0.4, 0.5) is 0 Å². The molecule has 0 saturated heterocycles. The van der Waals surface area contributed by atoms with Gasteiger partial charge in [-0.3, -0.25) is 0 Å². The fourth-order valence-electron chi connectivity index (χ4n) is 1.27. The highest BCUT2D eigenvalue weighted by molar-refractivity contribution is 8.88. The fourth-order valence-corrected chi connectivity index (χ4v) is 9.46. The van der Waals surface area contributed by atoms with Crippen molar-refractivity contribution in [2.75, 3.05) is 12.3 Å². The molecule has 1 unspecified atom stereocenters. The van der Waals surface area contributed by atoms with Crippen LogP contribution in [0, 0.1) is 11.8 Å². The zero-order valence-electron chi connectivity index (χ0n) is 8.41. The summed E-state index contributed by atoms with van der Waals surface area (Å²) in [5.41, 5.74) is 0. The average Bonchev–Trinajstić information content (AvgIpc) is 1.83. The molecule has 0 fully saturated rings. The Labute approximate surface area is 88.4 Å². The molecule has 0 N–H and O–H groups in total. The summed E-state index contributed by atoms with van der Waals surface area (Å²) in [7, 11) is 2.77. The highest BCUT2D eigenvalue weighted by Crippen LogP contribution is 2.64. The summed E-state index contributed by atoms with van der Waals surface area (Å²) in [5, 5.41) is -1.10. The van der Waals surface area contributed by atoms with E-state index in [4.69, 9.17) is 11.8 Å². The Balaban J connectivity index is 4.15. The zero-order valence-corrected chi connectivity index (χ0v) is 12.1. The van der Waals surface area contributed by atoms with E-state index >= 15 is 0 Å². The predicted octanol–water partition coefficient (Wildman–Crippen LogP) is 4.22. The molecular formula is C8H20P2S2. The summed E-state index contributed by atoms with van der Waals surface area (Å²) in [5.74, 6) is 1.50. The number of hydrogen-bond acceptors (Lipinski definition) is 2. The quantitative estimate of drug-likeness (QED) is 0.662. The van der Waals surface area contributed by atoms with Gasteiger partial charge in [0.05, 0.1) is 0 Å². The second-order valence-corrected chi connectivity index (χ2v) is 14.1. The van der Waals surface area contributed by atoms with Crippen LogP contribution in [0.2, 0.25) is 0 Å². The highest BCUT2D eigenvalue weighted by Gasteiger charge is 2.18. The zero-order chi connectivity index (χ0) is 9.78. The molecule has 4 heteroatoms. The molecule has 0 aromatic heterocycles. The summed E-state index contributed by atoms with van der Waals surface area (Å²) >= 11 is 7.58. The van der Waals surface area contributed by atoms with E-state index in [-0.39, 0.29) is 0 Å². The Kier molecular flexibility index (Phi) is 6.73. The Morgan fingerprint density at radius 3 is 1.67 bits per heavy atom. The van der Waals surface area contributed by atoms with Crippen LogP contribution in [0.1, 0.15) is 27.7 Å². The molecule has 0 radical (unpaired) electrons. The second-order valence-electron chi connectivity index (χ2n) is 4.07. The molecule has 12 heavy (non-hydrogen) atoms. The van der Waals surface area contributed by atoms with Crippen LogP contribution in [0.15, 0.2) is 0 Å². The van der Waals surface area contributed by atoms with Crippen molar-refractivity contribution in [3.05, 3.63) is 0 Å². The van der Waals surface area contributed by atoms with Gasteiger partial charge in [-0.1, -0.05) is 47.9 Å². The van der Waals surface area contributed by atoms with Gasteiger partial charge in [-0.05, 0) is 24.2 Å². The van der Waals surface area contributed by atoms with Crippen molar-refractivity contribution < 1.29 is 0 Å². The maximum atomic E-state index is 5.71. The molecule has 0 heterocycles. The van der Waals surface area contributed by atoms with Crippen LogP contribution in [0.3, 0.4) is 0 Å². The first-order valence-electron chi connectivity index (χ1n) is 4.36. The smallest absolute Gasteiger partial charge is 0.0110 e. The molecule has 0 nitrogen and oxygen atoms in total. The van der Waals surface area contributed by atoms with Crippen molar-refractivity contribution in [3.63, 3.8) is 0 Å². The highest BCUT2D eigenvalue weighted by atomic mass is 33.1. The van der Waals surface area contributed by atoms with Crippen LogP contribution in [0.5, 0.6) is 0 Å². The summed E-state index contributed by atoms with van der Waals surface area (Å²) in [6.45, 7) is 9.06. The van der Waals surface area contributed by atoms with E-state index in [9.17, 15) is 0 Å². The second kappa shape index (κ2) is 6.02. The monoisotopic (exact) mass is 242 g/mol. The van der Waals surface area contributed by atoms with Crippen molar-refractivity contribution in [2.45, 2.75) is 27.7 Å². The van der Waals surface area contributed by atoms with Gasteiger partial charge < -0.3 is 0 Å². The first kappa shape index (κ1) is 13.4. The third kappa shape index (κ3) is 5.97. The van der Waals surface area contributed by atoms with E-state index in [0.717, 1.165) is 11.8 Å². The van der Waals surface area contributed by atoms with E-state index in [1.165, 1.54) is 12.3 Å². The average molecular weight is 242 g/mol. The third-order valence-corrected chi connectivity index (χ3v) is 13.2. The van der Waals surface area contributed by atoms with E-state index in [1.54, 1.807) is 0 Å². The van der Waals surface area contributed by atoms with Gasteiger partial charge in [0.25, 0.3) is 0 Å². The van der Waals surface area contributed by atoms with Crippen LogP contribution in [-0.2, 0) is 11.8 Å². The van der Waals surface area contributed by atoms with Gasteiger partial charge in [-0.15, -0.1) is 11.0 Å². The van der Waals surface area contributed by atoms with Gasteiger partial charge in [0.15, 0.2) is 0 Å². The first-order chi connectivity index (χ1) is 5.39. The minimum Gasteiger partial charge on any atom is -0.103 e. The summed E-state index contributed by atoms with van der Waals surface area (Å²) < 4.78 is 0. The molecular weight excluding hydrogens is 222 g/mol. The molecule has 0 aliphatic carbocycles. The minimum atomic E-state index is -1.10. The van der Waals surface area contributed by atoms with Gasteiger partial charge in [0, 0.05) is 5.24 Å². The molecule has 0 aliphatic heterocycles.